The summed E-state index contributed by atoms with van der Waals surface area (Å²) < 4.78 is 5.55. The van der Waals surface area contributed by atoms with Gasteiger partial charge in [0.2, 0.25) is 0 Å². The van der Waals surface area contributed by atoms with Crippen molar-refractivity contribution in [2.45, 2.75) is 13.0 Å². The second-order valence-electron chi connectivity index (χ2n) is 6.15. The summed E-state index contributed by atoms with van der Waals surface area (Å²) in [6, 6.07) is 11.2. The third-order valence-corrected chi connectivity index (χ3v) is 4.64. The van der Waals surface area contributed by atoms with Gasteiger partial charge in [-0.25, -0.2) is 4.98 Å². The molecule has 0 radical (unpaired) electrons. The van der Waals surface area contributed by atoms with Gasteiger partial charge in [0.05, 0.1) is 18.9 Å². The van der Waals surface area contributed by atoms with Gasteiger partial charge in [0, 0.05) is 23.9 Å². The van der Waals surface area contributed by atoms with Crippen molar-refractivity contribution in [3.8, 4) is 11.3 Å². The number of benzene rings is 1. The number of amides is 1. The number of hydrogen-bond donors (Lipinski definition) is 1. The number of ether oxygens (including phenoxy) is 1. The van der Waals surface area contributed by atoms with E-state index in [9.17, 15) is 4.79 Å². The van der Waals surface area contributed by atoms with E-state index in [1.807, 2.05) is 43.3 Å². The zero-order valence-electron chi connectivity index (χ0n) is 14.4. The van der Waals surface area contributed by atoms with Crippen molar-refractivity contribution in [3.05, 3.63) is 65.9 Å². The van der Waals surface area contributed by atoms with Crippen molar-refractivity contribution in [2.75, 3.05) is 19.8 Å². The molecule has 7 nitrogen and oxygen atoms in total. The first kappa shape index (κ1) is 16.4. The SMILES string of the molecule is Cc1c(C(=O)N2CCOCC2c2ncn[nH]2)cccc1-c1ccccn1. The molecule has 0 spiro atoms. The molecule has 2 aromatic heterocycles. The molecule has 132 valence electrons. The predicted molar refractivity (Wildman–Crippen MR) is 95.4 cm³/mol. The number of aromatic amines is 1. The van der Waals surface area contributed by atoms with Gasteiger partial charge in [-0.1, -0.05) is 18.2 Å². The van der Waals surface area contributed by atoms with Crippen molar-refractivity contribution in [3.63, 3.8) is 0 Å². The molecule has 1 aromatic carbocycles. The first-order valence-corrected chi connectivity index (χ1v) is 8.50. The Labute approximate surface area is 151 Å². The van der Waals surface area contributed by atoms with Crippen molar-refractivity contribution in [2.24, 2.45) is 0 Å². The number of hydrogen-bond acceptors (Lipinski definition) is 5. The molecule has 1 fully saturated rings. The maximum absolute atomic E-state index is 13.3. The maximum Gasteiger partial charge on any atom is 0.254 e. The lowest BCUT2D eigenvalue weighted by Crippen LogP contribution is -2.44. The first-order valence-electron chi connectivity index (χ1n) is 8.50. The van der Waals surface area contributed by atoms with E-state index >= 15 is 0 Å². The molecule has 3 heterocycles. The molecule has 0 aliphatic carbocycles. The van der Waals surface area contributed by atoms with E-state index in [1.165, 1.54) is 6.33 Å². The summed E-state index contributed by atoms with van der Waals surface area (Å²) in [5.41, 5.74) is 3.40. The summed E-state index contributed by atoms with van der Waals surface area (Å²) >= 11 is 0. The van der Waals surface area contributed by atoms with Crippen LogP contribution < -0.4 is 0 Å². The largest absolute Gasteiger partial charge is 0.377 e. The van der Waals surface area contributed by atoms with Crippen molar-refractivity contribution >= 4 is 5.91 Å². The summed E-state index contributed by atoms with van der Waals surface area (Å²) in [5.74, 6) is 0.599. The van der Waals surface area contributed by atoms with E-state index in [4.69, 9.17) is 4.74 Å². The second kappa shape index (κ2) is 7.05. The number of nitrogens with one attached hydrogen (secondary N) is 1. The summed E-state index contributed by atoms with van der Waals surface area (Å²) in [4.78, 5) is 23.7. The van der Waals surface area contributed by atoms with E-state index in [2.05, 4.69) is 20.2 Å². The Kier molecular flexibility index (Phi) is 4.45. The van der Waals surface area contributed by atoms with Crippen LogP contribution >= 0.6 is 0 Å². The van der Waals surface area contributed by atoms with Crippen LogP contribution in [-0.2, 0) is 4.74 Å². The molecule has 4 rings (SSSR count). The summed E-state index contributed by atoms with van der Waals surface area (Å²) in [6.45, 7) is 3.38. The molecular weight excluding hydrogens is 330 g/mol. The lowest BCUT2D eigenvalue weighted by molar-refractivity contribution is -0.00515. The fraction of sp³-hybridized carbons (Fsp3) is 0.263. The Morgan fingerprint density at radius 1 is 1.23 bits per heavy atom. The van der Waals surface area contributed by atoms with Crippen molar-refractivity contribution in [1.29, 1.82) is 0 Å². The number of carbonyl (C=O) groups excluding carboxylic acids is 1. The average Bonchev–Trinajstić information content (AvgIpc) is 3.23. The van der Waals surface area contributed by atoms with Crippen LogP contribution in [0.5, 0.6) is 0 Å². The van der Waals surface area contributed by atoms with Crippen LogP contribution in [-0.4, -0.2) is 50.7 Å². The molecule has 1 saturated heterocycles. The molecule has 1 aliphatic rings. The third kappa shape index (κ3) is 2.97. The highest BCUT2D eigenvalue weighted by Gasteiger charge is 2.32. The molecule has 26 heavy (non-hydrogen) atoms. The van der Waals surface area contributed by atoms with Crippen LogP contribution in [0.4, 0.5) is 0 Å². The van der Waals surface area contributed by atoms with Gasteiger partial charge in [0.15, 0.2) is 0 Å². The molecule has 0 bridgehead atoms. The van der Waals surface area contributed by atoms with Gasteiger partial charge in [0.25, 0.3) is 5.91 Å². The predicted octanol–water partition coefficient (Wildman–Crippen LogP) is 2.39. The summed E-state index contributed by atoms with van der Waals surface area (Å²) in [5, 5.41) is 6.75. The van der Waals surface area contributed by atoms with E-state index in [0.29, 0.717) is 31.1 Å². The quantitative estimate of drug-likeness (QED) is 0.785. The standard InChI is InChI=1S/C19H19N5O2/c1-13-14(16-7-2-3-8-20-16)5-4-6-15(13)19(25)24-9-10-26-11-17(24)18-21-12-22-23-18/h2-8,12,17H,9-11H2,1H3,(H,21,22,23). The Morgan fingerprint density at radius 2 is 2.15 bits per heavy atom. The minimum atomic E-state index is -0.267. The second-order valence-corrected chi connectivity index (χ2v) is 6.15. The first-order chi connectivity index (χ1) is 12.8. The van der Waals surface area contributed by atoms with Gasteiger partial charge < -0.3 is 9.64 Å². The third-order valence-electron chi connectivity index (χ3n) is 4.64. The highest BCUT2D eigenvalue weighted by Crippen LogP contribution is 2.28. The normalized spacial score (nSPS) is 17.3. The van der Waals surface area contributed by atoms with Crippen LogP contribution in [0.1, 0.15) is 27.8 Å². The van der Waals surface area contributed by atoms with Crippen LogP contribution in [0.3, 0.4) is 0 Å². The minimum absolute atomic E-state index is 0.0371. The number of nitrogens with zero attached hydrogens (tertiary/aromatic N) is 4. The summed E-state index contributed by atoms with van der Waals surface area (Å²) in [6.07, 6.45) is 3.20. The Morgan fingerprint density at radius 3 is 2.92 bits per heavy atom. The zero-order chi connectivity index (χ0) is 17.9. The molecule has 3 aromatic rings. The molecule has 1 atom stereocenters. The Balaban J connectivity index is 1.69. The Hall–Kier alpha value is -3.06. The number of morpholine rings is 1. The van der Waals surface area contributed by atoms with Crippen molar-refractivity contribution in [1.82, 2.24) is 25.1 Å². The lowest BCUT2D eigenvalue weighted by Gasteiger charge is -2.34. The van der Waals surface area contributed by atoms with Crippen LogP contribution in [0.15, 0.2) is 48.9 Å². The molecule has 7 heteroatoms. The number of rotatable bonds is 3. The van der Waals surface area contributed by atoms with Gasteiger partial charge in [-0.3, -0.25) is 14.9 Å². The van der Waals surface area contributed by atoms with E-state index in [-0.39, 0.29) is 11.9 Å². The number of H-pyrrole nitrogens is 1. The minimum Gasteiger partial charge on any atom is -0.377 e. The van der Waals surface area contributed by atoms with E-state index in [1.54, 1.807) is 11.1 Å². The smallest absolute Gasteiger partial charge is 0.254 e. The van der Waals surface area contributed by atoms with Crippen LogP contribution in [0.2, 0.25) is 0 Å². The number of carbonyl (C=O) groups is 1. The van der Waals surface area contributed by atoms with Gasteiger partial charge in [-0.2, -0.15) is 5.10 Å². The van der Waals surface area contributed by atoms with Crippen LogP contribution in [0.25, 0.3) is 11.3 Å². The molecular formula is C19H19N5O2. The zero-order valence-corrected chi connectivity index (χ0v) is 14.4. The van der Waals surface area contributed by atoms with Gasteiger partial charge in [0.1, 0.15) is 18.2 Å². The van der Waals surface area contributed by atoms with E-state index in [0.717, 1.165) is 16.8 Å². The topological polar surface area (TPSA) is 84.0 Å². The van der Waals surface area contributed by atoms with E-state index < -0.39 is 0 Å². The van der Waals surface area contributed by atoms with Crippen molar-refractivity contribution < 1.29 is 9.53 Å². The van der Waals surface area contributed by atoms with Gasteiger partial charge in [-0.15, -0.1) is 0 Å². The Bertz CT molecular complexity index is 896. The summed E-state index contributed by atoms with van der Waals surface area (Å²) in [7, 11) is 0. The molecule has 1 N–H and O–H groups in total. The highest BCUT2D eigenvalue weighted by atomic mass is 16.5. The molecule has 1 unspecified atom stereocenters. The lowest BCUT2D eigenvalue weighted by atomic mass is 9.98. The fourth-order valence-corrected chi connectivity index (χ4v) is 3.27. The monoisotopic (exact) mass is 349 g/mol. The van der Waals surface area contributed by atoms with Crippen LogP contribution in [0, 0.1) is 6.92 Å². The number of aromatic nitrogens is 4. The molecule has 0 saturated carbocycles. The number of pyridine rings is 1. The van der Waals surface area contributed by atoms with Gasteiger partial charge >= 0.3 is 0 Å². The highest BCUT2D eigenvalue weighted by molar-refractivity contribution is 5.97. The molecule has 1 amide bonds. The maximum atomic E-state index is 13.3. The average molecular weight is 349 g/mol. The fourth-order valence-electron chi connectivity index (χ4n) is 3.27. The molecule has 1 aliphatic heterocycles. The van der Waals surface area contributed by atoms with Gasteiger partial charge in [-0.05, 0) is 30.7 Å².